The van der Waals surface area contributed by atoms with Gasteiger partial charge in [-0.05, 0) is 11.6 Å². The van der Waals surface area contributed by atoms with Crippen molar-refractivity contribution in [3.8, 4) is 0 Å². The lowest BCUT2D eigenvalue weighted by atomic mass is 11.5. The Hall–Kier alpha value is 0.210. The molecule has 0 aromatic heterocycles. The van der Waals surface area contributed by atoms with Gasteiger partial charge < -0.3 is 0 Å². The van der Waals surface area contributed by atoms with Crippen molar-refractivity contribution in [2.45, 2.75) is 0 Å². The summed E-state index contributed by atoms with van der Waals surface area (Å²) in [5.41, 5.74) is 0. The molecule has 1 N–H and O–H groups in total. The number of halogens is 1. The second-order valence-corrected chi connectivity index (χ2v) is 2.42. The molecule has 0 spiro atoms. The van der Waals surface area contributed by atoms with Crippen LogP contribution in [0, 0.1) is 0 Å². The SMILES string of the molecule is O=PSNC(=O)Cl. The number of rotatable bonds is 2. The Labute approximate surface area is 50.9 Å². The second kappa shape index (κ2) is 4.37. The van der Waals surface area contributed by atoms with E-state index in [4.69, 9.17) is 11.6 Å². The molecule has 40 valence electrons. The summed E-state index contributed by atoms with van der Waals surface area (Å²) >= 11 is 5.44. The van der Waals surface area contributed by atoms with E-state index in [2.05, 4.69) is 0 Å². The fraction of sp³-hybridized carbons (Fsp3) is 0. The van der Waals surface area contributed by atoms with Crippen molar-refractivity contribution in [2.75, 3.05) is 0 Å². The maximum Gasteiger partial charge on any atom is 0.324 e. The van der Waals surface area contributed by atoms with E-state index in [0.29, 0.717) is 11.6 Å². The van der Waals surface area contributed by atoms with E-state index in [-0.39, 0.29) is 7.66 Å². The van der Waals surface area contributed by atoms with Crippen LogP contribution in [-0.2, 0) is 4.57 Å². The third-order valence-electron chi connectivity index (χ3n) is 0.163. The molecule has 0 aliphatic heterocycles. The van der Waals surface area contributed by atoms with Crippen LogP contribution in [-0.4, -0.2) is 5.37 Å². The van der Waals surface area contributed by atoms with Gasteiger partial charge in [0.2, 0.25) is 7.66 Å². The Morgan fingerprint density at radius 1 is 1.86 bits per heavy atom. The van der Waals surface area contributed by atoms with Crippen molar-refractivity contribution in [1.82, 2.24) is 4.72 Å². The highest BCUT2D eigenvalue weighted by Gasteiger charge is 1.88. The summed E-state index contributed by atoms with van der Waals surface area (Å²) in [5.74, 6) is 0. The van der Waals surface area contributed by atoms with Gasteiger partial charge in [-0.25, -0.2) is 0 Å². The molecule has 6 heteroatoms. The van der Waals surface area contributed by atoms with Crippen molar-refractivity contribution in [3.63, 3.8) is 0 Å². The first kappa shape index (κ1) is 7.21. The van der Waals surface area contributed by atoms with Gasteiger partial charge in [0, 0.05) is 0 Å². The van der Waals surface area contributed by atoms with Crippen LogP contribution in [0.2, 0.25) is 0 Å². The third-order valence-corrected chi connectivity index (χ3v) is 1.22. The van der Waals surface area contributed by atoms with Gasteiger partial charge in [0.15, 0.2) is 0 Å². The first-order valence-corrected chi connectivity index (χ1v) is 3.82. The number of amides is 1. The molecule has 0 heterocycles. The van der Waals surface area contributed by atoms with Crippen LogP contribution in [0.15, 0.2) is 0 Å². The van der Waals surface area contributed by atoms with Crippen molar-refractivity contribution in [3.05, 3.63) is 0 Å². The molecule has 0 fully saturated rings. The zero-order chi connectivity index (χ0) is 5.70. The van der Waals surface area contributed by atoms with Crippen molar-refractivity contribution >= 4 is 36.2 Å². The normalized spacial score (nSPS) is 8.71. The van der Waals surface area contributed by atoms with E-state index in [1.165, 1.54) is 0 Å². The van der Waals surface area contributed by atoms with Crippen molar-refractivity contribution < 1.29 is 9.36 Å². The third kappa shape index (κ3) is 6.21. The minimum atomic E-state index is -0.714. The Morgan fingerprint density at radius 3 is 2.57 bits per heavy atom. The molecule has 0 radical (unpaired) electrons. The molecule has 0 unspecified atom stereocenters. The lowest BCUT2D eigenvalue weighted by molar-refractivity contribution is 0.264. The topological polar surface area (TPSA) is 46.2 Å². The predicted molar refractivity (Wildman–Crippen MR) is 29.6 cm³/mol. The van der Waals surface area contributed by atoms with Gasteiger partial charge in [0.25, 0.3) is 0 Å². The standard InChI is InChI=1S/CHClNO2PS/c2-1(4)3-7-6-5/h(H,3,4). The Balaban J connectivity index is 2.97. The fourth-order valence-corrected chi connectivity index (χ4v) is 0.801. The molecule has 0 aromatic carbocycles. The molecule has 3 nitrogen and oxygen atoms in total. The molecule has 0 aliphatic rings. The summed E-state index contributed by atoms with van der Waals surface area (Å²) in [4.78, 5) is 9.69. The number of hydrogen-bond acceptors (Lipinski definition) is 3. The van der Waals surface area contributed by atoms with E-state index in [9.17, 15) is 9.36 Å². The minimum Gasteiger partial charge on any atom is -0.276 e. The van der Waals surface area contributed by atoms with E-state index in [1.54, 1.807) is 0 Å². The average Bonchev–Trinajstić information content (AvgIpc) is 1.61. The zero-order valence-electron chi connectivity index (χ0n) is 3.05. The summed E-state index contributed by atoms with van der Waals surface area (Å²) in [5, 5.41) is -0.714. The van der Waals surface area contributed by atoms with E-state index in [1.807, 2.05) is 4.72 Å². The monoisotopic (exact) mass is 157 g/mol. The number of carbonyl (C=O) groups excluding carboxylic acids is 1. The molecular weight excluding hydrogens is 157 g/mol. The maximum absolute atomic E-state index is 9.69. The Bertz CT molecular complexity index is 87.8. The van der Waals surface area contributed by atoms with Crippen LogP contribution < -0.4 is 4.72 Å². The van der Waals surface area contributed by atoms with Crippen molar-refractivity contribution in [2.24, 2.45) is 0 Å². The highest BCUT2D eigenvalue weighted by molar-refractivity contribution is 8.44. The summed E-state index contributed by atoms with van der Waals surface area (Å²) in [6.07, 6.45) is 0. The van der Waals surface area contributed by atoms with Crippen LogP contribution in [0.25, 0.3) is 0 Å². The molecule has 0 rings (SSSR count). The molecule has 0 aromatic rings. The van der Waals surface area contributed by atoms with Gasteiger partial charge in [-0.2, -0.15) is 0 Å². The highest BCUT2D eigenvalue weighted by atomic mass is 35.5. The molecular formula is CHClNO2PS. The Kier molecular flexibility index (Phi) is 4.50. The lowest BCUT2D eigenvalue weighted by Crippen LogP contribution is -2.01. The number of nitrogens with one attached hydrogen (secondary N) is 1. The second-order valence-electron chi connectivity index (χ2n) is 0.542. The minimum absolute atomic E-state index is 0.209. The molecule has 1 amide bonds. The summed E-state index contributed by atoms with van der Waals surface area (Å²) < 4.78 is 11.5. The summed E-state index contributed by atoms with van der Waals surface area (Å²) in [6, 6.07) is 0. The lowest BCUT2D eigenvalue weighted by Gasteiger charge is -1.82. The van der Waals surface area contributed by atoms with E-state index >= 15 is 0 Å². The average molecular weight is 158 g/mol. The maximum atomic E-state index is 9.69. The van der Waals surface area contributed by atoms with Crippen molar-refractivity contribution in [1.29, 1.82) is 0 Å². The van der Waals surface area contributed by atoms with Gasteiger partial charge >= 0.3 is 5.37 Å². The first-order valence-electron chi connectivity index (χ1n) is 1.21. The first-order chi connectivity index (χ1) is 3.27. The van der Waals surface area contributed by atoms with Gasteiger partial charge in [0.05, 0.1) is 11.6 Å². The predicted octanol–water partition coefficient (Wildman–Crippen LogP) is 1.79. The summed E-state index contributed by atoms with van der Waals surface area (Å²) in [6.45, 7) is 0. The molecule has 0 aliphatic carbocycles. The molecule has 0 atom stereocenters. The van der Waals surface area contributed by atoms with Crippen LogP contribution in [0.1, 0.15) is 0 Å². The van der Waals surface area contributed by atoms with Crippen LogP contribution >= 0.6 is 30.8 Å². The van der Waals surface area contributed by atoms with Crippen LogP contribution in [0.4, 0.5) is 4.79 Å². The highest BCUT2D eigenvalue weighted by Crippen LogP contribution is 2.11. The molecule has 0 saturated carbocycles. The molecule has 0 saturated heterocycles. The number of hydrogen-bond donors (Lipinski definition) is 1. The van der Waals surface area contributed by atoms with E-state index in [0.717, 1.165) is 0 Å². The fourth-order valence-electron chi connectivity index (χ4n) is 0.0545. The van der Waals surface area contributed by atoms with E-state index < -0.39 is 5.37 Å². The van der Waals surface area contributed by atoms with Gasteiger partial charge in [-0.15, -0.1) is 0 Å². The van der Waals surface area contributed by atoms with Gasteiger partial charge in [0.1, 0.15) is 0 Å². The van der Waals surface area contributed by atoms with Crippen LogP contribution in [0.5, 0.6) is 0 Å². The van der Waals surface area contributed by atoms with Gasteiger partial charge in [-0.1, -0.05) is 0 Å². The Morgan fingerprint density at radius 2 is 2.43 bits per heavy atom. The number of carbonyl (C=O) groups is 1. The van der Waals surface area contributed by atoms with Crippen LogP contribution in [0.3, 0.4) is 0 Å². The largest absolute Gasteiger partial charge is 0.324 e. The van der Waals surface area contributed by atoms with Gasteiger partial charge in [-0.3, -0.25) is 14.1 Å². The quantitative estimate of drug-likeness (QED) is 0.288. The summed E-state index contributed by atoms with van der Waals surface area (Å²) in [7, 11) is -0.209. The smallest absolute Gasteiger partial charge is 0.276 e. The molecule has 7 heavy (non-hydrogen) atoms. The molecule has 0 bridgehead atoms. The zero-order valence-corrected chi connectivity index (χ0v) is 5.52.